The molecule has 2 atom stereocenters. The van der Waals surface area contributed by atoms with Crippen molar-refractivity contribution < 1.29 is 9.84 Å². The maximum atomic E-state index is 11.2. The Balaban J connectivity index is 2.19. The zero-order valence-electron chi connectivity index (χ0n) is 12.2. The first-order chi connectivity index (χ1) is 9.16. The van der Waals surface area contributed by atoms with Crippen LogP contribution in [0.2, 0.25) is 0 Å². The van der Waals surface area contributed by atoms with Crippen molar-refractivity contribution in [3.63, 3.8) is 0 Å². The van der Waals surface area contributed by atoms with Crippen LogP contribution in [0.4, 0.5) is 0 Å². The molecule has 0 amide bonds. The lowest BCUT2D eigenvalue weighted by atomic mass is 9.60. The summed E-state index contributed by atoms with van der Waals surface area (Å²) in [6.45, 7) is 0. The molecule has 19 heavy (non-hydrogen) atoms. The van der Waals surface area contributed by atoms with Crippen LogP contribution in [0.15, 0.2) is 0 Å². The summed E-state index contributed by atoms with van der Waals surface area (Å²) in [5.41, 5.74) is -1.37. The van der Waals surface area contributed by atoms with E-state index in [1.807, 2.05) is 0 Å². The Morgan fingerprint density at radius 3 is 2.26 bits per heavy atom. The molecule has 0 aromatic carbocycles. The van der Waals surface area contributed by atoms with E-state index < -0.39 is 11.0 Å². The summed E-state index contributed by atoms with van der Waals surface area (Å²) in [5, 5.41) is 20.9. The first-order valence-corrected chi connectivity index (χ1v) is 7.82. The average Bonchev–Trinajstić information content (AvgIpc) is 2.39. The van der Waals surface area contributed by atoms with Gasteiger partial charge in [0.15, 0.2) is 0 Å². The van der Waals surface area contributed by atoms with E-state index in [4.69, 9.17) is 4.74 Å². The van der Waals surface area contributed by atoms with Gasteiger partial charge < -0.3 is 9.84 Å². The molecular weight excluding hydrogens is 238 g/mol. The second kappa shape index (κ2) is 6.24. The van der Waals surface area contributed by atoms with Crippen LogP contribution in [-0.2, 0) is 4.74 Å². The van der Waals surface area contributed by atoms with E-state index in [-0.39, 0.29) is 6.10 Å². The molecule has 3 nitrogen and oxygen atoms in total. The van der Waals surface area contributed by atoms with Crippen LogP contribution in [0.1, 0.15) is 70.6 Å². The van der Waals surface area contributed by atoms with E-state index in [2.05, 4.69) is 6.07 Å². The monoisotopic (exact) mass is 265 g/mol. The number of hydrogen-bond donors (Lipinski definition) is 1. The predicted molar refractivity (Wildman–Crippen MR) is 74.6 cm³/mol. The van der Waals surface area contributed by atoms with Crippen LogP contribution < -0.4 is 0 Å². The minimum Gasteiger partial charge on any atom is -0.388 e. The molecule has 0 aromatic heterocycles. The molecule has 0 aliphatic heterocycles. The van der Waals surface area contributed by atoms with Gasteiger partial charge in [0, 0.05) is 13.5 Å². The lowest BCUT2D eigenvalue weighted by Crippen LogP contribution is -2.52. The SMILES string of the molecule is COC1CCCC(O)(C2(C#N)CCCCCCC2)C1. The van der Waals surface area contributed by atoms with Gasteiger partial charge in [-0.1, -0.05) is 32.1 Å². The quantitative estimate of drug-likeness (QED) is 0.830. The fourth-order valence-electron chi connectivity index (χ4n) is 4.03. The number of rotatable bonds is 2. The molecule has 1 N–H and O–H groups in total. The van der Waals surface area contributed by atoms with Gasteiger partial charge in [-0.05, 0) is 32.1 Å². The van der Waals surface area contributed by atoms with E-state index >= 15 is 0 Å². The van der Waals surface area contributed by atoms with E-state index in [9.17, 15) is 10.4 Å². The summed E-state index contributed by atoms with van der Waals surface area (Å²) in [6, 6.07) is 2.53. The minimum atomic E-state index is -0.835. The fourth-order valence-corrected chi connectivity index (χ4v) is 4.03. The zero-order valence-corrected chi connectivity index (χ0v) is 12.2. The third kappa shape index (κ3) is 2.95. The molecule has 2 aliphatic carbocycles. The Bertz CT molecular complexity index is 328. The van der Waals surface area contributed by atoms with Crippen molar-refractivity contribution in [1.82, 2.24) is 0 Å². The lowest BCUT2D eigenvalue weighted by Gasteiger charge is -2.47. The topological polar surface area (TPSA) is 53.2 Å². The van der Waals surface area contributed by atoms with Gasteiger partial charge in [-0.2, -0.15) is 5.26 Å². The van der Waals surface area contributed by atoms with Crippen LogP contribution in [0, 0.1) is 16.7 Å². The second-order valence-corrected chi connectivity index (χ2v) is 6.45. The third-order valence-electron chi connectivity index (χ3n) is 5.33. The van der Waals surface area contributed by atoms with Gasteiger partial charge in [-0.25, -0.2) is 0 Å². The highest BCUT2D eigenvalue weighted by atomic mass is 16.5. The highest BCUT2D eigenvalue weighted by molar-refractivity contribution is 5.13. The zero-order chi connectivity index (χ0) is 13.8. The average molecular weight is 265 g/mol. The highest BCUT2D eigenvalue weighted by Gasteiger charge is 2.52. The molecule has 0 spiro atoms. The van der Waals surface area contributed by atoms with Crippen molar-refractivity contribution in [2.45, 2.75) is 82.3 Å². The molecule has 2 unspecified atom stereocenters. The number of nitrogens with zero attached hydrogens (tertiary/aromatic N) is 1. The van der Waals surface area contributed by atoms with Crippen molar-refractivity contribution >= 4 is 0 Å². The van der Waals surface area contributed by atoms with Gasteiger partial charge >= 0.3 is 0 Å². The molecule has 0 heterocycles. The van der Waals surface area contributed by atoms with Crippen LogP contribution in [0.25, 0.3) is 0 Å². The van der Waals surface area contributed by atoms with Gasteiger partial charge in [0.1, 0.15) is 0 Å². The first-order valence-electron chi connectivity index (χ1n) is 7.82. The summed E-state index contributed by atoms with van der Waals surface area (Å²) < 4.78 is 5.45. The molecular formula is C16H27NO2. The van der Waals surface area contributed by atoms with Gasteiger partial charge in [0.2, 0.25) is 0 Å². The van der Waals surface area contributed by atoms with Crippen LogP contribution in [-0.4, -0.2) is 23.9 Å². The molecule has 108 valence electrons. The Morgan fingerprint density at radius 1 is 1.05 bits per heavy atom. The molecule has 0 bridgehead atoms. The molecule has 0 radical (unpaired) electrons. The molecule has 2 rings (SSSR count). The largest absolute Gasteiger partial charge is 0.388 e. The molecule has 0 aromatic rings. The first kappa shape index (κ1) is 14.8. The van der Waals surface area contributed by atoms with E-state index in [0.29, 0.717) is 6.42 Å². The van der Waals surface area contributed by atoms with Crippen LogP contribution in [0.5, 0.6) is 0 Å². The minimum absolute atomic E-state index is 0.120. The maximum Gasteiger partial charge on any atom is 0.0861 e. The second-order valence-electron chi connectivity index (χ2n) is 6.45. The maximum absolute atomic E-state index is 11.2. The van der Waals surface area contributed by atoms with E-state index in [1.165, 1.54) is 19.3 Å². The number of hydrogen-bond acceptors (Lipinski definition) is 3. The van der Waals surface area contributed by atoms with E-state index in [1.54, 1.807) is 7.11 Å². The smallest absolute Gasteiger partial charge is 0.0861 e. The van der Waals surface area contributed by atoms with Crippen LogP contribution in [0.3, 0.4) is 0 Å². The summed E-state index contributed by atoms with van der Waals surface area (Å²) in [6.07, 6.45) is 11.1. The van der Waals surface area contributed by atoms with Crippen LogP contribution >= 0.6 is 0 Å². The summed E-state index contributed by atoms with van der Waals surface area (Å²) in [4.78, 5) is 0. The number of ether oxygens (including phenoxy) is 1. The molecule has 2 aliphatic rings. The normalized spacial score (nSPS) is 35.9. The molecule has 2 fully saturated rings. The van der Waals surface area contributed by atoms with Gasteiger partial charge in [-0.3, -0.25) is 0 Å². The number of aliphatic hydroxyl groups is 1. The van der Waals surface area contributed by atoms with Gasteiger partial charge in [0.05, 0.1) is 23.2 Å². The fraction of sp³-hybridized carbons (Fsp3) is 0.938. The molecule has 3 heteroatoms. The van der Waals surface area contributed by atoms with Gasteiger partial charge in [0.25, 0.3) is 0 Å². The third-order valence-corrected chi connectivity index (χ3v) is 5.33. The van der Waals surface area contributed by atoms with Gasteiger partial charge in [-0.15, -0.1) is 0 Å². The lowest BCUT2D eigenvalue weighted by molar-refractivity contribution is -0.126. The summed E-state index contributed by atoms with van der Waals surface area (Å²) in [7, 11) is 1.72. The number of nitriles is 1. The number of methoxy groups -OCH3 is 1. The Morgan fingerprint density at radius 2 is 1.68 bits per heavy atom. The Labute approximate surface area is 117 Å². The van der Waals surface area contributed by atoms with Crippen molar-refractivity contribution in [1.29, 1.82) is 5.26 Å². The highest BCUT2D eigenvalue weighted by Crippen LogP contribution is 2.49. The van der Waals surface area contributed by atoms with Crippen molar-refractivity contribution in [3.8, 4) is 6.07 Å². The summed E-state index contributed by atoms with van der Waals surface area (Å²) >= 11 is 0. The standard InChI is InChI=1S/C16H27NO2/c1-19-14-8-7-11-16(18,12-14)15(13-17)9-5-3-2-4-6-10-15/h14,18H,2-12H2,1H3. The Kier molecular flexibility index (Phi) is 4.86. The predicted octanol–water partition coefficient (Wildman–Crippen LogP) is 3.56. The van der Waals surface area contributed by atoms with Crippen molar-refractivity contribution in [2.75, 3.05) is 7.11 Å². The molecule has 2 saturated carbocycles. The summed E-state index contributed by atoms with van der Waals surface area (Å²) in [5.74, 6) is 0. The van der Waals surface area contributed by atoms with Crippen molar-refractivity contribution in [3.05, 3.63) is 0 Å². The molecule has 0 saturated heterocycles. The Hall–Kier alpha value is -0.590. The van der Waals surface area contributed by atoms with E-state index in [0.717, 1.165) is 44.9 Å². The van der Waals surface area contributed by atoms with Crippen molar-refractivity contribution in [2.24, 2.45) is 5.41 Å².